The van der Waals surface area contributed by atoms with Crippen LogP contribution in [0.1, 0.15) is 68.6 Å². The van der Waals surface area contributed by atoms with Crippen molar-refractivity contribution >= 4 is 11.9 Å². The topological polar surface area (TPSA) is 26.3 Å². The lowest BCUT2D eigenvalue weighted by Crippen LogP contribution is -2.20. The standard InChI is InChI=1S/C24H30O2/c1-23(2,3)19-15-18(16-20(22(19)26-7)24(4,5)6)21(25)14-13-17-11-9-8-10-12-17/h8-16H,1-7H3/b14-13+. The second-order valence-corrected chi connectivity index (χ2v) is 8.71. The van der Waals surface area contributed by atoms with Crippen LogP contribution in [0.4, 0.5) is 0 Å². The highest BCUT2D eigenvalue weighted by Crippen LogP contribution is 2.40. The molecule has 0 aliphatic heterocycles. The molecule has 2 aromatic rings. The molecule has 0 fully saturated rings. The highest BCUT2D eigenvalue weighted by Gasteiger charge is 2.28. The van der Waals surface area contributed by atoms with E-state index in [-0.39, 0.29) is 16.6 Å². The maximum atomic E-state index is 12.8. The molecule has 0 aliphatic carbocycles. The van der Waals surface area contributed by atoms with E-state index in [0.717, 1.165) is 22.4 Å². The van der Waals surface area contributed by atoms with E-state index in [2.05, 4.69) is 41.5 Å². The minimum absolute atomic E-state index is 0.00695. The first-order valence-electron chi connectivity index (χ1n) is 9.04. The fourth-order valence-electron chi connectivity index (χ4n) is 2.94. The third-order valence-corrected chi connectivity index (χ3v) is 4.42. The van der Waals surface area contributed by atoms with Gasteiger partial charge in [0.15, 0.2) is 5.78 Å². The summed E-state index contributed by atoms with van der Waals surface area (Å²) < 4.78 is 5.76. The Balaban J connectivity index is 2.55. The van der Waals surface area contributed by atoms with Crippen LogP contribution in [0.2, 0.25) is 0 Å². The third-order valence-electron chi connectivity index (χ3n) is 4.42. The van der Waals surface area contributed by atoms with E-state index in [1.54, 1.807) is 13.2 Å². The number of carbonyl (C=O) groups is 1. The van der Waals surface area contributed by atoms with Crippen LogP contribution in [-0.4, -0.2) is 12.9 Å². The summed E-state index contributed by atoms with van der Waals surface area (Å²) >= 11 is 0. The Bertz CT molecular complexity index is 765. The molecule has 0 amide bonds. The van der Waals surface area contributed by atoms with Gasteiger partial charge in [-0.05, 0) is 34.6 Å². The summed E-state index contributed by atoms with van der Waals surface area (Å²) in [7, 11) is 1.70. The van der Waals surface area contributed by atoms with Crippen LogP contribution in [-0.2, 0) is 10.8 Å². The number of rotatable bonds is 4. The van der Waals surface area contributed by atoms with E-state index in [0.29, 0.717) is 5.56 Å². The molecule has 0 N–H and O–H groups in total. The molecule has 2 nitrogen and oxygen atoms in total. The van der Waals surface area contributed by atoms with Crippen molar-refractivity contribution in [3.63, 3.8) is 0 Å². The van der Waals surface area contributed by atoms with E-state index in [4.69, 9.17) is 4.74 Å². The van der Waals surface area contributed by atoms with Crippen LogP contribution in [0.25, 0.3) is 6.08 Å². The van der Waals surface area contributed by atoms with Gasteiger partial charge in [0.2, 0.25) is 0 Å². The molecule has 0 bridgehead atoms. The van der Waals surface area contributed by atoms with Gasteiger partial charge in [-0.15, -0.1) is 0 Å². The van der Waals surface area contributed by atoms with Gasteiger partial charge >= 0.3 is 0 Å². The summed E-state index contributed by atoms with van der Waals surface area (Å²) in [6.07, 6.45) is 3.51. The van der Waals surface area contributed by atoms with Crippen LogP contribution >= 0.6 is 0 Å². The highest BCUT2D eigenvalue weighted by atomic mass is 16.5. The van der Waals surface area contributed by atoms with Crippen molar-refractivity contribution in [1.82, 2.24) is 0 Å². The Kier molecular flexibility index (Phi) is 5.75. The van der Waals surface area contributed by atoms with Gasteiger partial charge in [0.05, 0.1) is 7.11 Å². The average molecular weight is 351 g/mol. The molecule has 0 aliphatic rings. The molecule has 0 unspecified atom stereocenters. The number of carbonyl (C=O) groups excluding carboxylic acids is 1. The molecule has 0 saturated heterocycles. The summed E-state index contributed by atoms with van der Waals surface area (Å²) in [5.41, 5.74) is 3.59. The van der Waals surface area contributed by atoms with Crippen molar-refractivity contribution in [2.24, 2.45) is 0 Å². The number of methoxy groups -OCH3 is 1. The molecular weight excluding hydrogens is 320 g/mol. The largest absolute Gasteiger partial charge is 0.496 e. The molecule has 2 heteroatoms. The van der Waals surface area contributed by atoms with Crippen molar-refractivity contribution < 1.29 is 9.53 Å². The molecule has 26 heavy (non-hydrogen) atoms. The lowest BCUT2D eigenvalue weighted by Gasteiger charge is -2.29. The van der Waals surface area contributed by atoms with Gasteiger partial charge in [0, 0.05) is 16.7 Å². The molecular formula is C24H30O2. The highest BCUT2D eigenvalue weighted by molar-refractivity contribution is 6.07. The summed E-state index contributed by atoms with van der Waals surface area (Å²) in [5, 5.41) is 0. The van der Waals surface area contributed by atoms with Gasteiger partial charge in [-0.3, -0.25) is 4.79 Å². The second kappa shape index (κ2) is 7.49. The maximum absolute atomic E-state index is 12.8. The predicted octanol–water partition coefficient (Wildman–Crippen LogP) is 6.19. The van der Waals surface area contributed by atoms with E-state index >= 15 is 0 Å². The summed E-state index contributed by atoms with van der Waals surface area (Å²) in [6.45, 7) is 12.9. The monoisotopic (exact) mass is 350 g/mol. The van der Waals surface area contributed by atoms with Crippen molar-refractivity contribution in [2.45, 2.75) is 52.4 Å². The molecule has 0 saturated carbocycles. The smallest absolute Gasteiger partial charge is 0.185 e. The SMILES string of the molecule is COc1c(C(C)(C)C)cc(C(=O)/C=C/c2ccccc2)cc1C(C)(C)C. The Morgan fingerprint density at radius 1 is 0.885 bits per heavy atom. The maximum Gasteiger partial charge on any atom is 0.185 e. The Morgan fingerprint density at radius 3 is 1.81 bits per heavy atom. The second-order valence-electron chi connectivity index (χ2n) is 8.71. The zero-order valence-electron chi connectivity index (χ0n) is 17.0. The molecule has 0 heterocycles. The van der Waals surface area contributed by atoms with Crippen molar-refractivity contribution in [3.05, 3.63) is 70.8 Å². The number of allylic oxidation sites excluding steroid dienone is 1. The molecule has 0 atom stereocenters. The number of hydrogen-bond acceptors (Lipinski definition) is 2. The van der Waals surface area contributed by atoms with Gasteiger partial charge in [-0.1, -0.05) is 78.0 Å². The van der Waals surface area contributed by atoms with Gasteiger partial charge in [0.25, 0.3) is 0 Å². The number of ketones is 1. The molecule has 0 spiro atoms. The lowest BCUT2D eigenvalue weighted by molar-refractivity contribution is 0.104. The van der Waals surface area contributed by atoms with E-state index in [1.165, 1.54) is 0 Å². The fourth-order valence-corrected chi connectivity index (χ4v) is 2.94. The van der Waals surface area contributed by atoms with Crippen molar-refractivity contribution in [1.29, 1.82) is 0 Å². The first-order chi connectivity index (χ1) is 12.0. The van der Waals surface area contributed by atoms with E-state index in [9.17, 15) is 4.79 Å². The van der Waals surface area contributed by atoms with E-state index < -0.39 is 0 Å². The van der Waals surface area contributed by atoms with Crippen LogP contribution in [0, 0.1) is 0 Å². The Hall–Kier alpha value is -2.35. The quantitative estimate of drug-likeness (QED) is 0.486. The minimum Gasteiger partial charge on any atom is -0.496 e. The number of hydrogen-bond donors (Lipinski definition) is 0. The predicted molar refractivity (Wildman–Crippen MR) is 110 cm³/mol. The molecule has 0 aromatic heterocycles. The summed E-state index contributed by atoms with van der Waals surface area (Å²) in [5.74, 6) is 0.890. The van der Waals surface area contributed by atoms with Crippen molar-refractivity contribution in [2.75, 3.05) is 7.11 Å². The molecule has 138 valence electrons. The summed E-state index contributed by atoms with van der Waals surface area (Å²) in [6, 6.07) is 13.8. The molecule has 0 radical (unpaired) electrons. The van der Waals surface area contributed by atoms with Crippen LogP contribution < -0.4 is 4.74 Å². The molecule has 2 aromatic carbocycles. The Labute approximate surface area is 157 Å². The third kappa shape index (κ3) is 4.63. The zero-order valence-corrected chi connectivity index (χ0v) is 17.0. The van der Waals surface area contributed by atoms with Gasteiger partial charge < -0.3 is 4.74 Å². The lowest BCUT2D eigenvalue weighted by atomic mass is 9.78. The zero-order chi connectivity index (χ0) is 19.5. The van der Waals surface area contributed by atoms with Crippen LogP contribution in [0.3, 0.4) is 0 Å². The van der Waals surface area contributed by atoms with E-state index in [1.807, 2.05) is 48.5 Å². The van der Waals surface area contributed by atoms with Crippen LogP contribution in [0.15, 0.2) is 48.5 Å². The van der Waals surface area contributed by atoms with Gasteiger partial charge in [-0.25, -0.2) is 0 Å². The number of benzene rings is 2. The van der Waals surface area contributed by atoms with Crippen LogP contribution in [0.5, 0.6) is 5.75 Å². The number of ether oxygens (including phenoxy) is 1. The van der Waals surface area contributed by atoms with Gasteiger partial charge in [-0.2, -0.15) is 0 Å². The van der Waals surface area contributed by atoms with Gasteiger partial charge in [0.1, 0.15) is 5.75 Å². The average Bonchev–Trinajstić information content (AvgIpc) is 2.57. The first kappa shape index (κ1) is 20.0. The first-order valence-corrected chi connectivity index (χ1v) is 9.04. The van der Waals surface area contributed by atoms with Crippen molar-refractivity contribution in [3.8, 4) is 5.75 Å². The fraction of sp³-hybridized carbons (Fsp3) is 0.375. The minimum atomic E-state index is -0.120. The normalized spacial score (nSPS) is 12.4. The molecule has 2 rings (SSSR count). The Morgan fingerprint density at radius 2 is 1.38 bits per heavy atom. The summed E-state index contributed by atoms with van der Waals surface area (Å²) in [4.78, 5) is 12.8.